The molecule has 0 unspecified atom stereocenters. The summed E-state index contributed by atoms with van der Waals surface area (Å²) in [5.41, 5.74) is 2.43. The molecule has 0 aliphatic carbocycles. The molecule has 1 N–H and O–H groups in total. The molecule has 2 rings (SSSR count). The van der Waals surface area contributed by atoms with E-state index in [4.69, 9.17) is 0 Å². The fraction of sp³-hybridized carbons (Fsp3) is 0.417. The number of amides is 1. The van der Waals surface area contributed by atoms with Gasteiger partial charge in [-0.25, -0.2) is 0 Å². The van der Waals surface area contributed by atoms with Gasteiger partial charge in [0.15, 0.2) is 0 Å². The number of aryl methyl sites for hydroxylation is 2. The standard InChI is InChI=1S/C12H15F2N5O/c1-7-9(8(2)18(3)17-7)6-15-11(20)10-4-5-16-19(10)12(13)14/h4-5,12H,6H2,1-3H3,(H,15,20). The van der Waals surface area contributed by atoms with Crippen LogP contribution in [0.25, 0.3) is 0 Å². The predicted octanol–water partition coefficient (Wildman–Crippen LogP) is 1.56. The number of hydrogen-bond donors (Lipinski definition) is 1. The lowest BCUT2D eigenvalue weighted by molar-refractivity contribution is 0.0509. The molecule has 108 valence electrons. The van der Waals surface area contributed by atoms with Gasteiger partial charge in [-0.2, -0.15) is 23.7 Å². The minimum absolute atomic E-state index is 0.167. The zero-order chi connectivity index (χ0) is 14.9. The highest BCUT2D eigenvalue weighted by atomic mass is 19.3. The van der Waals surface area contributed by atoms with Gasteiger partial charge < -0.3 is 5.32 Å². The van der Waals surface area contributed by atoms with Crippen LogP contribution in [0.2, 0.25) is 0 Å². The average Bonchev–Trinajstić information content (AvgIpc) is 2.95. The normalized spacial score (nSPS) is 11.1. The van der Waals surface area contributed by atoms with Gasteiger partial charge in [-0.05, 0) is 19.9 Å². The molecule has 2 aromatic rings. The third-order valence-corrected chi connectivity index (χ3v) is 3.17. The number of carbonyl (C=O) groups is 1. The number of nitrogens with one attached hydrogen (secondary N) is 1. The van der Waals surface area contributed by atoms with E-state index in [0.717, 1.165) is 17.0 Å². The van der Waals surface area contributed by atoms with Crippen LogP contribution in [-0.2, 0) is 13.6 Å². The Hall–Kier alpha value is -2.25. The van der Waals surface area contributed by atoms with E-state index in [2.05, 4.69) is 15.5 Å². The summed E-state index contributed by atoms with van der Waals surface area (Å²) >= 11 is 0. The topological polar surface area (TPSA) is 64.7 Å². The van der Waals surface area contributed by atoms with E-state index in [-0.39, 0.29) is 12.2 Å². The van der Waals surface area contributed by atoms with Crippen LogP contribution in [0.3, 0.4) is 0 Å². The molecule has 0 aliphatic heterocycles. The highest BCUT2D eigenvalue weighted by Gasteiger charge is 2.18. The van der Waals surface area contributed by atoms with Gasteiger partial charge in [-0.1, -0.05) is 0 Å². The smallest absolute Gasteiger partial charge is 0.333 e. The van der Waals surface area contributed by atoms with E-state index in [1.54, 1.807) is 11.7 Å². The monoisotopic (exact) mass is 283 g/mol. The Kier molecular flexibility index (Phi) is 3.82. The average molecular weight is 283 g/mol. The first-order valence-corrected chi connectivity index (χ1v) is 6.00. The van der Waals surface area contributed by atoms with Crippen LogP contribution in [0.15, 0.2) is 12.3 Å². The number of nitrogens with zero attached hydrogens (tertiary/aromatic N) is 4. The molecule has 0 aliphatic rings. The first-order valence-electron chi connectivity index (χ1n) is 6.00. The molecule has 0 saturated carbocycles. The van der Waals surface area contributed by atoms with Crippen molar-refractivity contribution in [3.63, 3.8) is 0 Å². The third kappa shape index (κ3) is 2.54. The van der Waals surface area contributed by atoms with Crippen LogP contribution < -0.4 is 5.32 Å². The van der Waals surface area contributed by atoms with Gasteiger partial charge in [-0.3, -0.25) is 9.48 Å². The maximum atomic E-state index is 12.6. The SMILES string of the molecule is Cc1nn(C)c(C)c1CNC(=O)c1ccnn1C(F)F. The van der Waals surface area contributed by atoms with Crippen LogP contribution >= 0.6 is 0 Å². The van der Waals surface area contributed by atoms with Crippen LogP contribution in [0.5, 0.6) is 0 Å². The van der Waals surface area contributed by atoms with Crippen LogP contribution in [0, 0.1) is 13.8 Å². The number of alkyl halides is 2. The Balaban J connectivity index is 2.11. The van der Waals surface area contributed by atoms with Gasteiger partial charge in [0.1, 0.15) is 5.69 Å². The number of aromatic nitrogens is 4. The lowest BCUT2D eigenvalue weighted by atomic mass is 10.2. The zero-order valence-electron chi connectivity index (χ0n) is 11.4. The Morgan fingerprint density at radius 3 is 2.70 bits per heavy atom. The highest BCUT2D eigenvalue weighted by molar-refractivity contribution is 5.92. The van der Waals surface area contributed by atoms with Crippen LogP contribution in [-0.4, -0.2) is 25.5 Å². The summed E-state index contributed by atoms with van der Waals surface area (Å²) in [5.74, 6) is -0.592. The van der Waals surface area contributed by atoms with E-state index in [1.807, 2.05) is 13.8 Å². The Morgan fingerprint density at radius 2 is 2.15 bits per heavy atom. The second-order valence-corrected chi connectivity index (χ2v) is 4.39. The van der Waals surface area contributed by atoms with Gasteiger partial charge in [0.25, 0.3) is 5.91 Å². The number of halogens is 2. The summed E-state index contributed by atoms with van der Waals surface area (Å²) in [6.45, 7) is 1.11. The summed E-state index contributed by atoms with van der Waals surface area (Å²) in [7, 11) is 1.81. The highest BCUT2D eigenvalue weighted by Crippen LogP contribution is 2.14. The van der Waals surface area contributed by atoms with Crippen molar-refractivity contribution < 1.29 is 13.6 Å². The van der Waals surface area contributed by atoms with Gasteiger partial charge in [0.05, 0.1) is 5.69 Å². The van der Waals surface area contributed by atoms with E-state index in [1.165, 1.54) is 12.3 Å². The molecule has 0 saturated heterocycles. The number of hydrogen-bond acceptors (Lipinski definition) is 3. The molecule has 2 aromatic heterocycles. The minimum atomic E-state index is -2.84. The second kappa shape index (κ2) is 5.40. The maximum absolute atomic E-state index is 12.6. The van der Waals surface area contributed by atoms with Crippen molar-refractivity contribution in [2.75, 3.05) is 0 Å². The molecular formula is C12H15F2N5O. The zero-order valence-corrected chi connectivity index (χ0v) is 11.4. The Bertz CT molecular complexity index is 632. The third-order valence-electron chi connectivity index (χ3n) is 3.17. The minimum Gasteiger partial charge on any atom is -0.346 e. The first kappa shape index (κ1) is 14.2. The summed E-state index contributed by atoms with van der Waals surface area (Å²) in [4.78, 5) is 11.9. The summed E-state index contributed by atoms with van der Waals surface area (Å²) < 4.78 is 27.3. The molecule has 0 aromatic carbocycles. The predicted molar refractivity (Wildman–Crippen MR) is 67.3 cm³/mol. The van der Waals surface area contributed by atoms with Crippen molar-refractivity contribution >= 4 is 5.91 Å². The quantitative estimate of drug-likeness (QED) is 0.926. The molecule has 0 radical (unpaired) electrons. The van der Waals surface area contributed by atoms with Crippen molar-refractivity contribution in [1.82, 2.24) is 24.9 Å². The summed E-state index contributed by atoms with van der Waals surface area (Å²) in [6, 6.07) is 1.25. The van der Waals surface area contributed by atoms with Crippen LogP contribution in [0.1, 0.15) is 34.0 Å². The molecule has 0 bridgehead atoms. The lowest BCUT2D eigenvalue weighted by Gasteiger charge is -2.08. The van der Waals surface area contributed by atoms with E-state index >= 15 is 0 Å². The largest absolute Gasteiger partial charge is 0.346 e. The molecule has 0 atom stereocenters. The van der Waals surface area contributed by atoms with Crippen molar-refractivity contribution in [1.29, 1.82) is 0 Å². The van der Waals surface area contributed by atoms with Crippen molar-refractivity contribution in [3.8, 4) is 0 Å². The molecule has 0 spiro atoms. The Morgan fingerprint density at radius 1 is 1.45 bits per heavy atom. The van der Waals surface area contributed by atoms with E-state index < -0.39 is 12.5 Å². The second-order valence-electron chi connectivity index (χ2n) is 4.39. The molecular weight excluding hydrogens is 268 g/mol. The van der Waals surface area contributed by atoms with Gasteiger partial charge >= 0.3 is 6.55 Å². The lowest BCUT2D eigenvalue weighted by Crippen LogP contribution is -2.26. The molecule has 0 fully saturated rings. The van der Waals surface area contributed by atoms with Crippen LogP contribution in [0.4, 0.5) is 8.78 Å². The maximum Gasteiger partial charge on any atom is 0.333 e. The number of carbonyl (C=O) groups excluding carboxylic acids is 1. The molecule has 6 nitrogen and oxygen atoms in total. The van der Waals surface area contributed by atoms with Gasteiger partial charge in [-0.15, -0.1) is 0 Å². The molecule has 20 heavy (non-hydrogen) atoms. The van der Waals surface area contributed by atoms with Gasteiger partial charge in [0, 0.05) is 31.0 Å². The summed E-state index contributed by atoms with van der Waals surface area (Å²) in [6.07, 6.45) is 1.17. The molecule has 1 amide bonds. The van der Waals surface area contributed by atoms with Crippen molar-refractivity contribution in [2.45, 2.75) is 26.9 Å². The molecule has 2 heterocycles. The van der Waals surface area contributed by atoms with Crippen molar-refractivity contribution in [2.24, 2.45) is 7.05 Å². The number of rotatable bonds is 4. The first-order chi connectivity index (χ1) is 9.41. The van der Waals surface area contributed by atoms with E-state index in [0.29, 0.717) is 4.68 Å². The van der Waals surface area contributed by atoms with Crippen molar-refractivity contribution in [3.05, 3.63) is 34.9 Å². The molecule has 8 heteroatoms. The fourth-order valence-electron chi connectivity index (χ4n) is 1.98. The van der Waals surface area contributed by atoms with E-state index in [9.17, 15) is 13.6 Å². The van der Waals surface area contributed by atoms with Gasteiger partial charge in [0.2, 0.25) is 0 Å². The summed E-state index contributed by atoms with van der Waals surface area (Å²) in [5, 5.41) is 10.3. The fourth-order valence-corrected chi connectivity index (χ4v) is 1.98. The Labute approximate surface area is 114 Å².